The van der Waals surface area contributed by atoms with Crippen molar-refractivity contribution in [3.05, 3.63) is 77.1 Å². The Morgan fingerprint density at radius 3 is 2.12 bits per heavy atom. The molecule has 6 aliphatic heterocycles. The number of aliphatic hydroxyl groups is 1. The topological polar surface area (TPSA) is 89.2 Å². The summed E-state index contributed by atoms with van der Waals surface area (Å²) in [5, 5.41) is 14.2. The molecule has 52 heavy (non-hydrogen) atoms. The highest BCUT2D eigenvalue weighted by Gasteiger charge is 2.60. The summed E-state index contributed by atoms with van der Waals surface area (Å²) in [4.78, 5) is 31.0. The molecule has 0 radical (unpaired) electrons. The molecule has 274 valence electrons. The van der Waals surface area contributed by atoms with Crippen LogP contribution in [-0.4, -0.2) is 75.9 Å². The normalized spacial score (nSPS) is 30.1. The molecule has 0 spiro atoms. The maximum Gasteiger partial charge on any atom is 0.359 e. The number of ether oxygens (including phenoxy) is 2. The molecule has 6 aliphatic rings. The van der Waals surface area contributed by atoms with Gasteiger partial charge in [-0.15, -0.1) is 0 Å². The predicted molar refractivity (Wildman–Crippen MR) is 202 cm³/mol. The zero-order chi connectivity index (χ0) is 36.0. The van der Waals surface area contributed by atoms with Crippen LogP contribution in [0.25, 0.3) is 27.5 Å². The molecule has 2 fully saturated rings. The van der Waals surface area contributed by atoms with Crippen LogP contribution in [0.1, 0.15) is 100 Å². The summed E-state index contributed by atoms with van der Waals surface area (Å²) in [6.07, 6.45) is 11.2. The Balaban J connectivity index is 0.000000138. The fourth-order valence-corrected chi connectivity index (χ4v) is 11.7. The first-order valence-electron chi connectivity index (χ1n) is 19.7. The lowest BCUT2D eigenvalue weighted by Gasteiger charge is -2.57. The number of piperidine rings is 2. The highest BCUT2D eigenvalue weighted by molar-refractivity contribution is 6.13. The molecule has 5 atom stereocenters. The molecular weight excluding hydrogens is 652 g/mol. The zero-order valence-corrected chi connectivity index (χ0v) is 31.1. The number of benzene rings is 2. The van der Waals surface area contributed by atoms with Gasteiger partial charge in [0.05, 0.1) is 36.8 Å². The maximum atomic E-state index is 12.9. The summed E-state index contributed by atoms with van der Waals surface area (Å²) in [7, 11) is 1.37. The summed E-state index contributed by atoms with van der Waals surface area (Å²) < 4.78 is 14.7. The van der Waals surface area contributed by atoms with Crippen LogP contribution in [0, 0.1) is 10.8 Å². The minimum absolute atomic E-state index is 0.0416. The Morgan fingerprint density at radius 2 is 1.44 bits per heavy atom. The smallest absolute Gasteiger partial charge is 0.359 e. The van der Waals surface area contributed by atoms with Crippen LogP contribution in [0.5, 0.6) is 0 Å². The average Bonchev–Trinajstić information content (AvgIpc) is 3.71. The third-order valence-electron chi connectivity index (χ3n) is 13.9. The van der Waals surface area contributed by atoms with Gasteiger partial charge in [0.2, 0.25) is 5.72 Å². The van der Waals surface area contributed by atoms with Gasteiger partial charge < -0.3 is 23.7 Å². The molecule has 0 bridgehead atoms. The van der Waals surface area contributed by atoms with E-state index in [2.05, 4.69) is 64.6 Å². The van der Waals surface area contributed by atoms with Crippen LogP contribution in [0.4, 0.5) is 0 Å². The number of rotatable bonds is 5. The minimum Gasteiger partial charge on any atom is -0.465 e. The van der Waals surface area contributed by atoms with E-state index in [0.717, 1.165) is 93.5 Å². The molecule has 0 saturated carbocycles. The van der Waals surface area contributed by atoms with Gasteiger partial charge in [0.15, 0.2) is 0 Å². The molecule has 10 rings (SSSR count). The number of para-hydroxylation sites is 2. The van der Waals surface area contributed by atoms with Crippen LogP contribution < -0.4 is 0 Å². The summed E-state index contributed by atoms with van der Waals surface area (Å²) in [5.74, 6) is -0.736. The van der Waals surface area contributed by atoms with Crippen LogP contribution in [0.2, 0.25) is 0 Å². The Bertz CT molecular complexity index is 2130. The van der Waals surface area contributed by atoms with Gasteiger partial charge in [0.25, 0.3) is 0 Å². The van der Waals surface area contributed by atoms with E-state index >= 15 is 0 Å². The molecule has 8 heterocycles. The zero-order valence-electron chi connectivity index (χ0n) is 31.1. The van der Waals surface area contributed by atoms with Crippen molar-refractivity contribution < 1.29 is 24.2 Å². The predicted octanol–water partition coefficient (Wildman–Crippen LogP) is 7.10. The van der Waals surface area contributed by atoms with E-state index in [1.807, 2.05) is 29.7 Å². The van der Waals surface area contributed by atoms with E-state index in [-0.39, 0.29) is 22.8 Å². The number of esters is 2. The second-order valence-electron chi connectivity index (χ2n) is 16.1. The Kier molecular flexibility index (Phi) is 8.03. The monoisotopic (exact) mass is 704 g/mol. The standard InChI is InChI=1S/C22H26N2O2.C21H26N2O3/c1-3-22-11-7-12-23-13-10-16-15-8-5-6-9-17(15)24(19(16)20(22)23)18(14-22)21(25)26-4-2;1-3-20-10-6-11-22-12-9-15-14-7-4-5-8-16(14)23(17(15)18(20)22)21(25,13-20)19(24)26-2/h5-6,8-9,14,20H,3-4,7,10-13H2,1-2H3;4-5,7-8,18,25H,3,6,9-13H2,1-2H3/t20-,22+;18-,20+,21+/m00/s1. The van der Waals surface area contributed by atoms with E-state index in [9.17, 15) is 14.7 Å². The van der Waals surface area contributed by atoms with Gasteiger partial charge in [-0.2, -0.15) is 0 Å². The van der Waals surface area contributed by atoms with Crippen molar-refractivity contribution in [3.63, 3.8) is 0 Å². The molecular formula is C43H52N4O5. The van der Waals surface area contributed by atoms with E-state index in [1.165, 1.54) is 41.1 Å². The van der Waals surface area contributed by atoms with Gasteiger partial charge in [-0.25, -0.2) is 9.59 Å². The van der Waals surface area contributed by atoms with Crippen molar-refractivity contribution in [2.75, 3.05) is 39.9 Å². The highest BCUT2D eigenvalue weighted by Crippen LogP contribution is 2.61. The first kappa shape index (κ1) is 33.9. The SMILES string of the molecule is CCOC(=O)C1=C[C@@]2(CC)CCCN3CCc4c(n1c1ccccc41)[C@H]32.CC[C@@]12CCCN3CCc4c(n(c5ccccc45)[C@](O)(C(=O)OC)C1)[C@H]32. The van der Waals surface area contributed by atoms with Gasteiger partial charge >= 0.3 is 11.9 Å². The number of hydrogen-bond donors (Lipinski definition) is 1. The molecule has 0 amide bonds. The maximum absolute atomic E-state index is 12.9. The molecule has 2 aromatic heterocycles. The lowest BCUT2D eigenvalue weighted by molar-refractivity contribution is -0.194. The number of carbonyl (C=O) groups excluding carboxylic acids is 2. The van der Waals surface area contributed by atoms with E-state index in [0.29, 0.717) is 19.1 Å². The molecule has 9 heteroatoms. The fraction of sp³-hybridized carbons (Fsp3) is 0.535. The van der Waals surface area contributed by atoms with Crippen LogP contribution in [-0.2, 0) is 37.6 Å². The Labute approximate surface area is 306 Å². The molecule has 9 nitrogen and oxygen atoms in total. The average molecular weight is 705 g/mol. The lowest BCUT2D eigenvalue weighted by atomic mass is 9.62. The van der Waals surface area contributed by atoms with E-state index < -0.39 is 11.7 Å². The molecule has 4 aromatic rings. The van der Waals surface area contributed by atoms with Crippen molar-refractivity contribution in [1.29, 1.82) is 0 Å². The lowest BCUT2D eigenvalue weighted by Crippen LogP contribution is -2.60. The number of fused-ring (bicyclic) bond motifs is 6. The first-order valence-corrected chi connectivity index (χ1v) is 19.7. The number of aromatic nitrogens is 2. The van der Waals surface area contributed by atoms with Crippen LogP contribution >= 0.6 is 0 Å². The third-order valence-corrected chi connectivity index (χ3v) is 13.9. The summed E-state index contributed by atoms with van der Waals surface area (Å²) in [6, 6.07) is 17.4. The van der Waals surface area contributed by atoms with Gasteiger partial charge in [-0.1, -0.05) is 50.2 Å². The molecule has 1 N–H and O–H groups in total. The van der Waals surface area contributed by atoms with Crippen LogP contribution in [0.3, 0.4) is 0 Å². The van der Waals surface area contributed by atoms with Crippen molar-refractivity contribution in [3.8, 4) is 0 Å². The van der Waals surface area contributed by atoms with Gasteiger partial charge in [0.1, 0.15) is 5.70 Å². The molecule has 2 aromatic carbocycles. The molecule has 0 aliphatic carbocycles. The minimum atomic E-state index is -1.63. The van der Waals surface area contributed by atoms with Gasteiger partial charge in [0, 0.05) is 47.1 Å². The second kappa shape index (κ2) is 12.3. The van der Waals surface area contributed by atoms with Crippen molar-refractivity contribution >= 4 is 39.4 Å². The third kappa shape index (κ3) is 4.51. The van der Waals surface area contributed by atoms with Gasteiger partial charge in [-0.3, -0.25) is 9.80 Å². The Morgan fingerprint density at radius 1 is 0.808 bits per heavy atom. The molecule has 0 unspecified atom stereocenters. The quantitative estimate of drug-likeness (QED) is 0.222. The largest absolute Gasteiger partial charge is 0.465 e. The van der Waals surface area contributed by atoms with Crippen LogP contribution in [0.15, 0.2) is 54.6 Å². The number of carbonyl (C=O) groups is 2. The van der Waals surface area contributed by atoms with Crippen molar-refractivity contribution in [2.45, 2.75) is 96.4 Å². The molecule has 2 saturated heterocycles. The second-order valence-corrected chi connectivity index (χ2v) is 16.1. The van der Waals surface area contributed by atoms with E-state index in [1.54, 1.807) is 0 Å². The number of nitrogens with zero attached hydrogens (tertiary/aromatic N) is 4. The summed E-state index contributed by atoms with van der Waals surface area (Å²) >= 11 is 0. The Hall–Kier alpha value is -3.92. The highest BCUT2D eigenvalue weighted by atomic mass is 16.5. The summed E-state index contributed by atoms with van der Waals surface area (Å²) in [5.41, 5.74) is 6.40. The van der Waals surface area contributed by atoms with Gasteiger partial charge in [-0.05, 0) is 106 Å². The summed E-state index contributed by atoms with van der Waals surface area (Å²) in [6.45, 7) is 11.2. The van der Waals surface area contributed by atoms with Crippen molar-refractivity contribution in [2.24, 2.45) is 10.8 Å². The first-order chi connectivity index (χ1) is 25.3. The number of hydrogen-bond acceptors (Lipinski definition) is 7. The van der Waals surface area contributed by atoms with E-state index in [4.69, 9.17) is 9.47 Å². The van der Waals surface area contributed by atoms with Crippen molar-refractivity contribution in [1.82, 2.24) is 18.9 Å². The fourth-order valence-electron chi connectivity index (χ4n) is 11.7. The number of methoxy groups -OCH3 is 1.